The van der Waals surface area contributed by atoms with Crippen molar-refractivity contribution in [3.8, 4) is 0 Å². The Labute approximate surface area is 89.2 Å². The van der Waals surface area contributed by atoms with Crippen LogP contribution in [0, 0.1) is 0 Å². The fraction of sp³-hybridized carbons (Fsp3) is 0.714. The summed E-state index contributed by atoms with van der Waals surface area (Å²) in [5.41, 5.74) is 10.6. The molecule has 0 bridgehead atoms. The zero-order chi connectivity index (χ0) is 10.3. The molecule has 0 rings (SSSR count). The van der Waals surface area contributed by atoms with Crippen LogP contribution < -0.4 is 29.2 Å². The quantitative estimate of drug-likeness (QED) is 0.214. The smallest absolute Gasteiger partial charge is 0.320 e. The molecule has 6 N–H and O–H groups in total. The summed E-state index contributed by atoms with van der Waals surface area (Å²) in [6.45, 7) is 0.587. The average Bonchev–Trinajstić information content (AvgIpc) is 2.11. The number of aliphatic imine (C=N–C) groups is 1. The molecule has 0 unspecified atom stereocenters. The van der Waals surface area contributed by atoms with Gasteiger partial charge in [-0.25, -0.2) is 0 Å². The third-order valence-electron chi connectivity index (χ3n) is 1.56. The zero-order valence-electron chi connectivity index (χ0n) is 8.03. The van der Waals surface area contributed by atoms with Crippen LogP contribution in [0.15, 0.2) is 4.99 Å². The van der Waals surface area contributed by atoms with E-state index in [9.17, 15) is 4.79 Å². The van der Waals surface area contributed by atoms with Crippen molar-refractivity contribution < 1.29 is 22.3 Å². The van der Waals surface area contributed by atoms with Gasteiger partial charge >= 0.3 is 5.97 Å². The summed E-state index contributed by atoms with van der Waals surface area (Å²) in [5, 5.41) is 11.2. The maximum absolute atomic E-state index is 10.3. The first-order valence-corrected chi connectivity index (χ1v) is 4.02. The minimum Gasteiger partial charge on any atom is -1.00 e. The van der Waals surface area contributed by atoms with Gasteiger partial charge in [-0.2, -0.15) is 0 Å². The molecule has 0 radical (unpaired) electrons. The highest BCUT2D eigenvalue weighted by molar-refractivity contribution is 5.77. The van der Waals surface area contributed by atoms with E-state index in [0.717, 1.165) is 0 Å². The van der Waals surface area contributed by atoms with Crippen molar-refractivity contribution in [2.45, 2.75) is 18.9 Å². The number of hydrogen-bond acceptors (Lipinski definition) is 3. The number of aliphatic carboxylic acids is 1. The molecule has 0 fully saturated rings. The van der Waals surface area contributed by atoms with Crippen LogP contribution in [0.1, 0.15) is 12.8 Å². The molecule has 84 valence electrons. The van der Waals surface area contributed by atoms with Gasteiger partial charge in [0, 0.05) is 13.6 Å². The summed E-state index contributed by atoms with van der Waals surface area (Å²) < 4.78 is 0. The fourth-order valence-corrected chi connectivity index (χ4v) is 0.741. The molecular formula is C7H16ClN4O2-. The number of guanidine groups is 1. The monoisotopic (exact) mass is 223 g/mol. The van der Waals surface area contributed by atoms with E-state index in [2.05, 4.69) is 10.3 Å². The van der Waals surface area contributed by atoms with Crippen LogP contribution in [-0.4, -0.2) is 36.7 Å². The van der Waals surface area contributed by atoms with Gasteiger partial charge in [0.25, 0.3) is 0 Å². The van der Waals surface area contributed by atoms with Gasteiger partial charge in [0.1, 0.15) is 6.04 Å². The van der Waals surface area contributed by atoms with Gasteiger partial charge in [-0.1, -0.05) is 0 Å². The van der Waals surface area contributed by atoms with E-state index >= 15 is 0 Å². The Morgan fingerprint density at radius 3 is 2.64 bits per heavy atom. The third kappa shape index (κ3) is 7.63. The van der Waals surface area contributed by atoms with Gasteiger partial charge in [0.2, 0.25) is 0 Å². The van der Waals surface area contributed by atoms with Crippen molar-refractivity contribution >= 4 is 11.9 Å². The Hall–Kier alpha value is -1.01. The lowest BCUT2D eigenvalue weighted by atomic mass is 10.2. The maximum Gasteiger partial charge on any atom is 0.320 e. The van der Waals surface area contributed by atoms with Crippen LogP contribution in [0.2, 0.25) is 0 Å². The average molecular weight is 224 g/mol. The summed E-state index contributed by atoms with van der Waals surface area (Å²) in [4.78, 5) is 14.0. The first kappa shape index (κ1) is 15.5. The second kappa shape index (κ2) is 8.58. The van der Waals surface area contributed by atoms with Crippen molar-refractivity contribution in [2.75, 3.05) is 13.6 Å². The molecule has 0 spiro atoms. The minimum absolute atomic E-state index is 0. The summed E-state index contributed by atoms with van der Waals surface area (Å²) in [6.07, 6.45) is 1.09. The highest BCUT2D eigenvalue weighted by atomic mass is 35.5. The molecule has 0 aliphatic rings. The van der Waals surface area contributed by atoms with Gasteiger partial charge in [-0.05, 0) is 12.8 Å². The highest BCUT2D eigenvalue weighted by Crippen LogP contribution is 1.92. The lowest BCUT2D eigenvalue weighted by molar-refractivity contribution is -0.138. The summed E-state index contributed by atoms with van der Waals surface area (Å²) in [5.74, 6) is -0.624. The van der Waals surface area contributed by atoms with Crippen LogP contribution in [0.4, 0.5) is 0 Å². The largest absolute Gasteiger partial charge is 1.00 e. The first-order chi connectivity index (χ1) is 6.07. The van der Waals surface area contributed by atoms with Crippen LogP contribution in [0.3, 0.4) is 0 Å². The van der Waals surface area contributed by atoms with E-state index in [-0.39, 0.29) is 12.4 Å². The van der Waals surface area contributed by atoms with Gasteiger partial charge in [-0.15, -0.1) is 0 Å². The summed E-state index contributed by atoms with van der Waals surface area (Å²) in [7, 11) is 1.57. The van der Waals surface area contributed by atoms with Gasteiger partial charge in [-0.3, -0.25) is 9.79 Å². The molecule has 0 saturated heterocycles. The second-order valence-corrected chi connectivity index (χ2v) is 2.62. The predicted octanol–water partition coefficient (Wildman–Crippen LogP) is -4.28. The Kier molecular flexibility index (Phi) is 9.48. The van der Waals surface area contributed by atoms with E-state index in [1.807, 2.05) is 0 Å². The Morgan fingerprint density at radius 2 is 2.21 bits per heavy atom. The van der Waals surface area contributed by atoms with E-state index < -0.39 is 12.0 Å². The van der Waals surface area contributed by atoms with Crippen molar-refractivity contribution in [2.24, 2.45) is 16.5 Å². The van der Waals surface area contributed by atoms with Crippen molar-refractivity contribution in [3.63, 3.8) is 0 Å². The summed E-state index contributed by atoms with van der Waals surface area (Å²) in [6, 6.07) is -0.790. The SMILES string of the molecule is CN=C(N)NCCC[C@H](N)C(=O)O.[Cl-]. The van der Waals surface area contributed by atoms with Crippen LogP contribution >= 0.6 is 0 Å². The lowest BCUT2D eigenvalue weighted by Gasteiger charge is -2.07. The number of hydrogen-bond donors (Lipinski definition) is 4. The zero-order valence-corrected chi connectivity index (χ0v) is 8.79. The third-order valence-corrected chi connectivity index (χ3v) is 1.56. The number of nitrogens with two attached hydrogens (primary N) is 2. The molecule has 0 aliphatic carbocycles. The van der Waals surface area contributed by atoms with Gasteiger partial charge in [0.15, 0.2) is 5.96 Å². The molecule has 6 nitrogen and oxygen atoms in total. The fourth-order valence-electron chi connectivity index (χ4n) is 0.741. The molecule has 0 heterocycles. The number of carboxylic acid groups (broad SMARTS) is 1. The number of carboxylic acids is 1. The molecule has 7 heteroatoms. The minimum atomic E-state index is -0.975. The molecule has 1 atom stereocenters. The normalized spacial score (nSPS) is 12.9. The van der Waals surface area contributed by atoms with E-state index in [1.54, 1.807) is 7.05 Å². The topological polar surface area (TPSA) is 114 Å². The summed E-state index contributed by atoms with van der Waals surface area (Å²) >= 11 is 0. The van der Waals surface area contributed by atoms with Crippen molar-refractivity contribution in [1.29, 1.82) is 0 Å². The molecule has 14 heavy (non-hydrogen) atoms. The predicted molar refractivity (Wildman–Crippen MR) is 50.4 cm³/mol. The standard InChI is InChI=1S/C7H16N4O2.ClH/c1-10-7(9)11-4-2-3-5(8)6(12)13;/h5H,2-4,8H2,1H3,(H,12,13)(H3,9,10,11);1H/p-1/t5-;/m0./s1. The van der Waals surface area contributed by atoms with Gasteiger partial charge in [0.05, 0.1) is 0 Å². The molecule has 0 aliphatic heterocycles. The van der Waals surface area contributed by atoms with Crippen molar-refractivity contribution in [1.82, 2.24) is 5.32 Å². The number of halogens is 1. The number of rotatable bonds is 5. The Bertz CT molecular complexity index is 198. The Morgan fingerprint density at radius 1 is 1.64 bits per heavy atom. The lowest BCUT2D eigenvalue weighted by Crippen LogP contribution is -3.00. The molecule has 0 aromatic heterocycles. The second-order valence-electron chi connectivity index (χ2n) is 2.62. The van der Waals surface area contributed by atoms with E-state index in [1.165, 1.54) is 0 Å². The molecule has 0 saturated carbocycles. The number of nitrogens with zero attached hydrogens (tertiary/aromatic N) is 1. The van der Waals surface area contributed by atoms with Crippen LogP contribution in [0.25, 0.3) is 0 Å². The van der Waals surface area contributed by atoms with Crippen LogP contribution in [-0.2, 0) is 4.79 Å². The molecule has 0 aromatic carbocycles. The van der Waals surface area contributed by atoms with Gasteiger partial charge < -0.3 is 34.3 Å². The number of carbonyl (C=O) groups is 1. The first-order valence-electron chi connectivity index (χ1n) is 4.02. The molecule has 0 aromatic rings. The number of nitrogens with one attached hydrogen (secondary N) is 1. The van der Waals surface area contributed by atoms with E-state index in [0.29, 0.717) is 25.3 Å². The van der Waals surface area contributed by atoms with E-state index in [4.69, 9.17) is 16.6 Å². The van der Waals surface area contributed by atoms with Crippen molar-refractivity contribution in [3.05, 3.63) is 0 Å². The molecular weight excluding hydrogens is 208 g/mol. The maximum atomic E-state index is 10.3. The van der Waals surface area contributed by atoms with Crippen LogP contribution in [0.5, 0.6) is 0 Å². The Balaban J connectivity index is 0. The molecule has 0 amide bonds. The highest BCUT2D eigenvalue weighted by Gasteiger charge is 2.09.